The third-order valence-corrected chi connectivity index (χ3v) is 3.85. The van der Waals surface area contributed by atoms with Crippen molar-refractivity contribution >= 4 is 0 Å². The first-order chi connectivity index (χ1) is 12.3. The summed E-state index contributed by atoms with van der Waals surface area (Å²) < 4.78 is 21.5. The Labute approximate surface area is 144 Å². The molecule has 0 atom stereocenters. The fourth-order valence-electron chi connectivity index (χ4n) is 2.54. The third kappa shape index (κ3) is 3.41. The van der Waals surface area contributed by atoms with Crippen LogP contribution in [0.1, 0.15) is 11.5 Å². The quantitative estimate of drug-likeness (QED) is 0.740. The number of methoxy groups -OCH3 is 1. The first kappa shape index (κ1) is 15.5. The number of rotatable bonds is 6. The maximum Gasteiger partial charge on any atom is 0.247 e. The van der Waals surface area contributed by atoms with E-state index < -0.39 is 0 Å². The Balaban J connectivity index is 1.35. The van der Waals surface area contributed by atoms with Crippen molar-refractivity contribution in [3.05, 3.63) is 53.9 Å². The first-order valence-corrected chi connectivity index (χ1v) is 7.88. The fraction of sp³-hybridized carbons (Fsp3) is 0.222. The molecule has 4 rings (SSSR count). The molecule has 0 amide bonds. The first-order valence-electron chi connectivity index (χ1n) is 7.88. The van der Waals surface area contributed by atoms with Crippen molar-refractivity contribution in [3.63, 3.8) is 0 Å². The predicted molar refractivity (Wildman–Crippen MR) is 89.4 cm³/mol. The summed E-state index contributed by atoms with van der Waals surface area (Å²) in [6, 6.07) is 13.4. The maximum atomic E-state index is 5.68. The minimum absolute atomic E-state index is 0.280. The van der Waals surface area contributed by atoms with Crippen LogP contribution in [0.25, 0.3) is 11.5 Å². The van der Waals surface area contributed by atoms with Gasteiger partial charge in [-0.1, -0.05) is 6.07 Å². The number of hydrogen-bond donors (Lipinski definition) is 1. The molecule has 0 saturated heterocycles. The van der Waals surface area contributed by atoms with Crippen LogP contribution in [0, 0.1) is 0 Å². The second-order valence-electron chi connectivity index (χ2n) is 5.52. The van der Waals surface area contributed by atoms with Gasteiger partial charge in [0.2, 0.25) is 18.6 Å². The fourth-order valence-corrected chi connectivity index (χ4v) is 2.54. The molecule has 1 aromatic heterocycles. The molecule has 1 aliphatic rings. The molecule has 0 aliphatic carbocycles. The lowest BCUT2D eigenvalue weighted by Gasteiger charge is -2.03. The minimum Gasteiger partial charge on any atom is -0.497 e. The summed E-state index contributed by atoms with van der Waals surface area (Å²) in [5.74, 6) is 3.37. The lowest BCUT2D eigenvalue weighted by Crippen LogP contribution is -2.12. The van der Waals surface area contributed by atoms with Gasteiger partial charge in [0.25, 0.3) is 0 Å². The lowest BCUT2D eigenvalue weighted by molar-refractivity contribution is 0.174. The maximum absolute atomic E-state index is 5.68. The number of nitrogens with zero attached hydrogens (tertiary/aromatic N) is 2. The van der Waals surface area contributed by atoms with E-state index in [4.69, 9.17) is 18.6 Å². The van der Waals surface area contributed by atoms with Gasteiger partial charge in [0.1, 0.15) is 5.75 Å². The average Bonchev–Trinajstić information content (AvgIpc) is 3.31. The van der Waals surface area contributed by atoms with E-state index in [1.807, 2.05) is 42.5 Å². The van der Waals surface area contributed by atoms with Gasteiger partial charge in [0.15, 0.2) is 11.5 Å². The van der Waals surface area contributed by atoms with E-state index in [0.29, 0.717) is 24.9 Å². The van der Waals surface area contributed by atoms with Gasteiger partial charge in [0, 0.05) is 12.1 Å². The zero-order valence-electron chi connectivity index (χ0n) is 13.7. The topological polar surface area (TPSA) is 78.6 Å². The van der Waals surface area contributed by atoms with Crippen LogP contribution < -0.4 is 19.5 Å². The molecule has 1 N–H and O–H groups in total. The highest BCUT2D eigenvalue weighted by Crippen LogP contribution is 2.32. The molecule has 0 radical (unpaired) electrons. The van der Waals surface area contributed by atoms with Gasteiger partial charge in [-0.05, 0) is 42.0 Å². The standard InChI is InChI=1S/C18H17N3O4/c1-22-14-5-3-13(4-6-14)18-21-20-17(25-18)10-19-9-12-2-7-15-16(8-12)24-11-23-15/h2-8,19H,9-11H2,1H3. The molecule has 25 heavy (non-hydrogen) atoms. The molecule has 128 valence electrons. The molecule has 0 saturated carbocycles. The summed E-state index contributed by atoms with van der Waals surface area (Å²) in [5.41, 5.74) is 1.95. The lowest BCUT2D eigenvalue weighted by atomic mass is 10.2. The Morgan fingerprint density at radius 2 is 1.84 bits per heavy atom. The number of benzene rings is 2. The SMILES string of the molecule is COc1ccc(-c2nnc(CNCc3ccc4c(c3)OCO4)o2)cc1. The van der Waals surface area contributed by atoms with Crippen molar-refractivity contribution < 1.29 is 18.6 Å². The molecule has 2 heterocycles. The molecule has 0 unspecified atom stereocenters. The van der Waals surface area contributed by atoms with Gasteiger partial charge in [-0.3, -0.25) is 0 Å². The van der Waals surface area contributed by atoms with Crippen LogP contribution in [-0.4, -0.2) is 24.1 Å². The normalized spacial score (nSPS) is 12.4. The Bertz CT molecular complexity index is 861. The molecular weight excluding hydrogens is 322 g/mol. The Kier molecular flexibility index (Phi) is 4.22. The second kappa shape index (κ2) is 6.82. The van der Waals surface area contributed by atoms with Gasteiger partial charge < -0.3 is 23.9 Å². The summed E-state index contributed by atoms with van der Waals surface area (Å²) >= 11 is 0. The second-order valence-corrected chi connectivity index (χ2v) is 5.52. The van der Waals surface area contributed by atoms with Crippen LogP contribution >= 0.6 is 0 Å². The van der Waals surface area contributed by atoms with Crippen LogP contribution in [0.5, 0.6) is 17.2 Å². The van der Waals surface area contributed by atoms with E-state index >= 15 is 0 Å². The smallest absolute Gasteiger partial charge is 0.247 e. The average molecular weight is 339 g/mol. The number of ether oxygens (including phenoxy) is 3. The minimum atomic E-state index is 0.280. The Hall–Kier alpha value is -3.06. The van der Waals surface area contributed by atoms with Crippen molar-refractivity contribution in [1.82, 2.24) is 15.5 Å². The number of hydrogen-bond acceptors (Lipinski definition) is 7. The largest absolute Gasteiger partial charge is 0.497 e. The van der Waals surface area contributed by atoms with E-state index in [2.05, 4.69) is 15.5 Å². The van der Waals surface area contributed by atoms with E-state index in [0.717, 1.165) is 28.4 Å². The van der Waals surface area contributed by atoms with Gasteiger partial charge >= 0.3 is 0 Å². The molecule has 0 fully saturated rings. The molecule has 3 aromatic rings. The predicted octanol–water partition coefficient (Wildman–Crippen LogP) is 2.76. The van der Waals surface area contributed by atoms with E-state index in [1.54, 1.807) is 7.11 Å². The summed E-state index contributed by atoms with van der Waals surface area (Å²) in [4.78, 5) is 0. The van der Waals surface area contributed by atoms with Crippen molar-refractivity contribution in [2.24, 2.45) is 0 Å². The zero-order valence-corrected chi connectivity index (χ0v) is 13.7. The van der Waals surface area contributed by atoms with Gasteiger partial charge in [-0.15, -0.1) is 10.2 Å². The van der Waals surface area contributed by atoms with Crippen LogP contribution in [0.2, 0.25) is 0 Å². The van der Waals surface area contributed by atoms with E-state index in [9.17, 15) is 0 Å². The van der Waals surface area contributed by atoms with Gasteiger partial charge in [-0.25, -0.2) is 0 Å². The van der Waals surface area contributed by atoms with Crippen LogP contribution in [0.4, 0.5) is 0 Å². The van der Waals surface area contributed by atoms with Crippen molar-refractivity contribution in [3.8, 4) is 28.7 Å². The van der Waals surface area contributed by atoms with E-state index in [-0.39, 0.29) is 6.79 Å². The van der Waals surface area contributed by atoms with Crippen molar-refractivity contribution in [2.75, 3.05) is 13.9 Å². The Morgan fingerprint density at radius 3 is 2.68 bits per heavy atom. The molecular formula is C18H17N3O4. The highest BCUT2D eigenvalue weighted by atomic mass is 16.7. The molecule has 2 aromatic carbocycles. The molecule has 7 heteroatoms. The van der Waals surface area contributed by atoms with Crippen LogP contribution in [0.15, 0.2) is 46.9 Å². The summed E-state index contributed by atoms with van der Waals surface area (Å²) in [6.45, 7) is 1.43. The number of aromatic nitrogens is 2. The molecule has 1 aliphatic heterocycles. The van der Waals surface area contributed by atoms with Crippen LogP contribution in [-0.2, 0) is 13.1 Å². The molecule has 0 spiro atoms. The molecule has 0 bridgehead atoms. The Morgan fingerprint density at radius 1 is 1.00 bits per heavy atom. The zero-order chi connectivity index (χ0) is 17.1. The highest BCUT2D eigenvalue weighted by molar-refractivity contribution is 5.53. The summed E-state index contributed by atoms with van der Waals surface area (Å²) in [7, 11) is 1.63. The number of nitrogens with one attached hydrogen (secondary N) is 1. The molecule has 7 nitrogen and oxygen atoms in total. The van der Waals surface area contributed by atoms with Gasteiger partial charge in [-0.2, -0.15) is 0 Å². The number of fused-ring (bicyclic) bond motifs is 1. The monoisotopic (exact) mass is 339 g/mol. The van der Waals surface area contributed by atoms with Crippen LogP contribution in [0.3, 0.4) is 0 Å². The van der Waals surface area contributed by atoms with Crippen molar-refractivity contribution in [2.45, 2.75) is 13.1 Å². The van der Waals surface area contributed by atoms with Gasteiger partial charge in [0.05, 0.1) is 13.7 Å². The third-order valence-electron chi connectivity index (χ3n) is 3.85. The highest BCUT2D eigenvalue weighted by Gasteiger charge is 2.13. The van der Waals surface area contributed by atoms with Crippen molar-refractivity contribution in [1.29, 1.82) is 0 Å². The summed E-state index contributed by atoms with van der Waals surface area (Å²) in [6.07, 6.45) is 0. The van der Waals surface area contributed by atoms with E-state index in [1.165, 1.54) is 0 Å². The summed E-state index contributed by atoms with van der Waals surface area (Å²) in [5, 5.41) is 11.4.